The van der Waals surface area contributed by atoms with Crippen LogP contribution in [0.15, 0.2) is 24.3 Å². The van der Waals surface area contributed by atoms with E-state index < -0.39 is 0 Å². The molecule has 0 spiro atoms. The summed E-state index contributed by atoms with van der Waals surface area (Å²) in [5.41, 5.74) is 2.48. The van der Waals surface area contributed by atoms with E-state index in [0.29, 0.717) is 0 Å². The summed E-state index contributed by atoms with van der Waals surface area (Å²) in [6.45, 7) is 3.38. The Labute approximate surface area is 103 Å². The number of nitrogens with zero attached hydrogens (tertiary/aromatic N) is 2. The van der Waals surface area contributed by atoms with Gasteiger partial charge in [-0.05, 0) is 30.9 Å². The Morgan fingerprint density at radius 2 is 2.12 bits per heavy atom. The minimum atomic E-state index is 0.991. The zero-order valence-corrected chi connectivity index (χ0v) is 10.5. The van der Waals surface area contributed by atoms with Crippen LogP contribution in [0.4, 0.5) is 0 Å². The van der Waals surface area contributed by atoms with Crippen LogP contribution < -0.4 is 0 Å². The van der Waals surface area contributed by atoms with Gasteiger partial charge in [0.05, 0.1) is 11.0 Å². The quantitative estimate of drug-likeness (QED) is 0.761. The van der Waals surface area contributed by atoms with Crippen LogP contribution in [0.25, 0.3) is 11.0 Å². The fraction of sp³-hybridized carbons (Fsp3) is 0.533. The van der Waals surface area contributed by atoms with Crippen LogP contribution in [-0.2, 0) is 13.0 Å². The molecule has 3 rings (SSSR count). The third-order valence-electron chi connectivity index (χ3n) is 3.67. The van der Waals surface area contributed by atoms with Gasteiger partial charge in [0.2, 0.25) is 0 Å². The largest absolute Gasteiger partial charge is 0.328 e. The van der Waals surface area contributed by atoms with Crippen molar-refractivity contribution in [3.8, 4) is 0 Å². The maximum Gasteiger partial charge on any atom is 0.109 e. The van der Waals surface area contributed by atoms with Crippen molar-refractivity contribution in [3.63, 3.8) is 0 Å². The molecule has 1 aromatic carbocycles. The second-order valence-electron chi connectivity index (χ2n) is 5.15. The van der Waals surface area contributed by atoms with Gasteiger partial charge < -0.3 is 4.57 Å². The van der Waals surface area contributed by atoms with Crippen molar-refractivity contribution in [2.24, 2.45) is 5.92 Å². The van der Waals surface area contributed by atoms with Gasteiger partial charge in [-0.3, -0.25) is 0 Å². The third-order valence-corrected chi connectivity index (χ3v) is 3.67. The summed E-state index contributed by atoms with van der Waals surface area (Å²) in [5.74, 6) is 2.26. The van der Waals surface area contributed by atoms with Gasteiger partial charge in [0, 0.05) is 13.0 Å². The van der Waals surface area contributed by atoms with Gasteiger partial charge in [0.15, 0.2) is 0 Å². The lowest BCUT2D eigenvalue weighted by molar-refractivity contribution is 0.582. The number of fused-ring (bicyclic) bond motifs is 1. The SMILES string of the molecule is CCCc1nc2ccccc2n1CCC1CC1. The molecule has 0 radical (unpaired) electrons. The minimum Gasteiger partial charge on any atom is -0.328 e. The fourth-order valence-corrected chi connectivity index (χ4v) is 2.51. The first-order valence-corrected chi connectivity index (χ1v) is 6.82. The lowest BCUT2D eigenvalue weighted by Crippen LogP contribution is -2.04. The molecule has 90 valence electrons. The predicted octanol–water partition coefficient (Wildman–Crippen LogP) is 3.79. The summed E-state index contributed by atoms with van der Waals surface area (Å²) in [6, 6.07) is 8.53. The molecule has 0 atom stereocenters. The zero-order valence-electron chi connectivity index (χ0n) is 10.5. The van der Waals surface area contributed by atoms with Gasteiger partial charge in [-0.1, -0.05) is 31.9 Å². The Hall–Kier alpha value is -1.31. The topological polar surface area (TPSA) is 17.8 Å². The lowest BCUT2D eigenvalue weighted by atomic mass is 10.2. The molecular weight excluding hydrogens is 208 g/mol. The van der Waals surface area contributed by atoms with E-state index in [4.69, 9.17) is 4.98 Å². The first-order valence-electron chi connectivity index (χ1n) is 6.82. The van der Waals surface area contributed by atoms with E-state index in [1.54, 1.807) is 0 Å². The number of rotatable bonds is 5. The molecule has 0 aliphatic heterocycles. The van der Waals surface area contributed by atoms with Gasteiger partial charge in [-0.2, -0.15) is 0 Å². The molecule has 1 saturated carbocycles. The Bertz CT molecular complexity index is 509. The molecule has 0 saturated heterocycles. The summed E-state index contributed by atoms with van der Waals surface area (Å²) in [5, 5.41) is 0. The highest BCUT2D eigenvalue weighted by Crippen LogP contribution is 2.33. The molecule has 17 heavy (non-hydrogen) atoms. The van der Waals surface area contributed by atoms with Gasteiger partial charge in [0.1, 0.15) is 5.82 Å². The molecule has 0 bridgehead atoms. The highest BCUT2D eigenvalue weighted by Gasteiger charge is 2.21. The second kappa shape index (κ2) is 4.52. The first kappa shape index (κ1) is 10.8. The van der Waals surface area contributed by atoms with Crippen LogP contribution in [0, 0.1) is 5.92 Å². The summed E-state index contributed by atoms with van der Waals surface area (Å²) in [7, 11) is 0. The van der Waals surface area contributed by atoms with Crippen molar-refractivity contribution in [1.29, 1.82) is 0 Å². The molecule has 1 aliphatic carbocycles. The third kappa shape index (κ3) is 2.21. The van der Waals surface area contributed by atoms with Crippen LogP contribution >= 0.6 is 0 Å². The first-order chi connectivity index (χ1) is 8.38. The van der Waals surface area contributed by atoms with Crippen LogP contribution in [0.2, 0.25) is 0 Å². The number of aryl methyl sites for hydroxylation is 2. The number of para-hydroxylation sites is 2. The molecule has 1 fully saturated rings. The molecule has 0 amide bonds. The molecule has 2 heteroatoms. The Morgan fingerprint density at radius 3 is 2.88 bits per heavy atom. The summed E-state index contributed by atoms with van der Waals surface area (Å²) in [4.78, 5) is 4.76. The maximum atomic E-state index is 4.76. The summed E-state index contributed by atoms with van der Waals surface area (Å²) >= 11 is 0. The standard InChI is InChI=1S/C15H20N2/c1-2-5-15-16-13-6-3-4-7-14(13)17(15)11-10-12-8-9-12/h3-4,6-7,12H,2,5,8-11H2,1H3. The number of hydrogen-bond acceptors (Lipinski definition) is 1. The normalized spacial score (nSPS) is 15.6. The van der Waals surface area contributed by atoms with Crippen molar-refractivity contribution >= 4 is 11.0 Å². The van der Waals surface area contributed by atoms with Crippen LogP contribution in [-0.4, -0.2) is 9.55 Å². The van der Waals surface area contributed by atoms with Gasteiger partial charge in [0.25, 0.3) is 0 Å². The van der Waals surface area contributed by atoms with Crippen LogP contribution in [0.1, 0.15) is 38.4 Å². The van der Waals surface area contributed by atoms with Crippen LogP contribution in [0.5, 0.6) is 0 Å². The number of hydrogen-bond donors (Lipinski definition) is 0. The highest BCUT2D eigenvalue weighted by molar-refractivity contribution is 5.75. The van der Waals surface area contributed by atoms with Crippen LogP contribution in [0.3, 0.4) is 0 Å². The molecule has 1 aromatic heterocycles. The van der Waals surface area contributed by atoms with Crippen molar-refractivity contribution in [2.75, 3.05) is 0 Å². The molecule has 0 N–H and O–H groups in total. The molecular formula is C15H20N2. The monoisotopic (exact) mass is 228 g/mol. The van der Waals surface area contributed by atoms with Gasteiger partial charge >= 0.3 is 0 Å². The number of imidazole rings is 1. The molecule has 1 heterocycles. The van der Waals surface area contributed by atoms with Crippen molar-refractivity contribution in [3.05, 3.63) is 30.1 Å². The zero-order chi connectivity index (χ0) is 11.7. The summed E-state index contributed by atoms with van der Waals surface area (Å²) < 4.78 is 2.44. The van der Waals surface area contributed by atoms with E-state index in [-0.39, 0.29) is 0 Å². The Balaban J connectivity index is 1.94. The minimum absolute atomic E-state index is 0.991. The molecule has 2 nitrogen and oxygen atoms in total. The average Bonchev–Trinajstić information content (AvgIpc) is 3.10. The molecule has 1 aliphatic rings. The Morgan fingerprint density at radius 1 is 1.29 bits per heavy atom. The van der Waals surface area contributed by atoms with E-state index in [0.717, 1.165) is 24.4 Å². The number of benzene rings is 1. The summed E-state index contributed by atoms with van der Waals surface area (Å²) in [6.07, 6.45) is 6.48. The highest BCUT2D eigenvalue weighted by atomic mass is 15.1. The maximum absolute atomic E-state index is 4.76. The lowest BCUT2D eigenvalue weighted by Gasteiger charge is -2.07. The van der Waals surface area contributed by atoms with E-state index in [1.165, 1.54) is 37.0 Å². The Kier molecular flexibility index (Phi) is 2.87. The molecule has 2 aromatic rings. The number of aromatic nitrogens is 2. The average molecular weight is 228 g/mol. The van der Waals surface area contributed by atoms with Gasteiger partial charge in [-0.15, -0.1) is 0 Å². The van der Waals surface area contributed by atoms with E-state index >= 15 is 0 Å². The fourth-order valence-electron chi connectivity index (χ4n) is 2.51. The van der Waals surface area contributed by atoms with Crippen molar-refractivity contribution in [2.45, 2.75) is 45.6 Å². The molecule has 0 unspecified atom stereocenters. The van der Waals surface area contributed by atoms with E-state index in [9.17, 15) is 0 Å². The van der Waals surface area contributed by atoms with Gasteiger partial charge in [-0.25, -0.2) is 4.98 Å². The van der Waals surface area contributed by atoms with E-state index in [1.807, 2.05) is 0 Å². The second-order valence-corrected chi connectivity index (χ2v) is 5.15. The predicted molar refractivity (Wildman–Crippen MR) is 71.1 cm³/mol. The van der Waals surface area contributed by atoms with Crippen molar-refractivity contribution in [1.82, 2.24) is 9.55 Å². The van der Waals surface area contributed by atoms with Crippen molar-refractivity contribution < 1.29 is 0 Å². The smallest absolute Gasteiger partial charge is 0.109 e. The van der Waals surface area contributed by atoms with E-state index in [2.05, 4.69) is 35.8 Å².